The van der Waals surface area contributed by atoms with E-state index in [0.29, 0.717) is 0 Å². The summed E-state index contributed by atoms with van der Waals surface area (Å²) in [6.07, 6.45) is 10.8. The number of hydrogen-bond acceptors (Lipinski definition) is 4. The third-order valence-electron chi connectivity index (χ3n) is 4.00. The minimum absolute atomic E-state index is 0.178. The molecule has 0 aromatic rings. The molecule has 134 valence electrons. The van der Waals surface area contributed by atoms with Gasteiger partial charge in [-0.1, -0.05) is 52.4 Å². The van der Waals surface area contributed by atoms with Gasteiger partial charge >= 0.3 is 0 Å². The Labute approximate surface area is 138 Å². The Morgan fingerprint density at radius 3 is 1.41 bits per heavy atom. The zero-order valence-corrected chi connectivity index (χ0v) is 14.9. The SMILES string of the molecule is CCCCC(O)CNCCCCCCNCC(O)CCCC. The van der Waals surface area contributed by atoms with Crippen molar-refractivity contribution in [3.05, 3.63) is 0 Å². The monoisotopic (exact) mass is 316 g/mol. The van der Waals surface area contributed by atoms with Crippen LogP contribution in [0.2, 0.25) is 0 Å². The van der Waals surface area contributed by atoms with Crippen molar-refractivity contribution < 1.29 is 10.2 Å². The number of rotatable bonds is 17. The van der Waals surface area contributed by atoms with Gasteiger partial charge in [0.15, 0.2) is 0 Å². The lowest BCUT2D eigenvalue weighted by Crippen LogP contribution is -2.28. The van der Waals surface area contributed by atoms with Gasteiger partial charge in [0.05, 0.1) is 12.2 Å². The van der Waals surface area contributed by atoms with Gasteiger partial charge in [0, 0.05) is 13.1 Å². The van der Waals surface area contributed by atoms with Gasteiger partial charge in [-0.25, -0.2) is 0 Å². The number of unbranched alkanes of at least 4 members (excludes halogenated alkanes) is 5. The van der Waals surface area contributed by atoms with Gasteiger partial charge in [-0.15, -0.1) is 0 Å². The van der Waals surface area contributed by atoms with E-state index in [0.717, 1.165) is 64.7 Å². The Bertz CT molecular complexity index is 193. The van der Waals surface area contributed by atoms with Gasteiger partial charge in [-0.3, -0.25) is 0 Å². The Kier molecular flexibility index (Phi) is 17.1. The topological polar surface area (TPSA) is 64.5 Å². The Morgan fingerprint density at radius 2 is 1.05 bits per heavy atom. The maximum Gasteiger partial charge on any atom is 0.0664 e. The summed E-state index contributed by atoms with van der Waals surface area (Å²) in [4.78, 5) is 0. The number of nitrogens with one attached hydrogen (secondary N) is 2. The largest absolute Gasteiger partial charge is 0.392 e. The molecule has 0 spiro atoms. The maximum absolute atomic E-state index is 9.69. The fourth-order valence-corrected chi connectivity index (χ4v) is 2.47. The Hall–Kier alpha value is -0.160. The Morgan fingerprint density at radius 1 is 0.636 bits per heavy atom. The minimum atomic E-state index is -0.178. The fourth-order valence-electron chi connectivity index (χ4n) is 2.47. The van der Waals surface area contributed by atoms with E-state index in [2.05, 4.69) is 24.5 Å². The van der Waals surface area contributed by atoms with E-state index in [1.807, 2.05) is 0 Å². The normalized spacial score (nSPS) is 14.2. The van der Waals surface area contributed by atoms with Crippen molar-refractivity contribution in [3.8, 4) is 0 Å². The van der Waals surface area contributed by atoms with Crippen LogP contribution in [0.1, 0.15) is 78.1 Å². The van der Waals surface area contributed by atoms with E-state index in [9.17, 15) is 10.2 Å². The molecule has 0 aliphatic heterocycles. The zero-order valence-electron chi connectivity index (χ0n) is 14.9. The minimum Gasteiger partial charge on any atom is -0.392 e. The summed E-state index contributed by atoms with van der Waals surface area (Å²) in [6.45, 7) is 7.79. The molecule has 2 atom stereocenters. The van der Waals surface area contributed by atoms with Crippen molar-refractivity contribution in [2.24, 2.45) is 0 Å². The van der Waals surface area contributed by atoms with Gasteiger partial charge in [-0.05, 0) is 38.8 Å². The molecule has 0 fully saturated rings. The van der Waals surface area contributed by atoms with E-state index < -0.39 is 0 Å². The van der Waals surface area contributed by atoms with Crippen molar-refractivity contribution in [2.45, 2.75) is 90.3 Å². The summed E-state index contributed by atoms with van der Waals surface area (Å²) in [5, 5.41) is 26.0. The fraction of sp³-hybridized carbons (Fsp3) is 1.00. The van der Waals surface area contributed by atoms with Crippen LogP contribution >= 0.6 is 0 Å². The van der Waals surface area contributed by atoms with Gasteiger partial charge in [-0.2, -0.15) is 0 Å². The highest BCUT2D eigenvalue weighted by molar-refractivity contribution is 4.61. The molecule has 0 saturated heterocycles. The molecule has 0 aliphatic rings. The molecule has 4 nitrogen and oxygen atoms in total. The highest BCUT2D eigenvalue weighted by Gasteiger charge is 2.03. The van der Waals surface area contributed by atoms with Crippen molar-refractivity contribution in [3.63, 3.8) is 0 Å². The van der Waals surface area contributed by atoms with Crippen LogP contribution in [0.5, 0.6) is 0 Å². The van der Waals surface area contributed by atoms with Crippen LogP contribution in [-0.2, 0) is 0 Å². The summed E-state index contributed by atoms with van der Waals surface area (Å²) in [5.41, 5.74) is 0. The van der Waals surface area contributed by atoms with Crippen LogP contribution in [-0.4, -0.2) is 48.6 Å². The lowest BCUT2D eigenvalue weighted by molar-refractivity contribution is 0.158. The van der Waals surface area contributed by atoms with Crippen LogP contribution in [0.3, 0.4) is 0 Å². The van der Waals surface area contributed by atoms with E-state index in [1.165, 1.54) is 25.7 Å². The molecule has 0 aromatic carbocycles. The first-order valence-corrected chi connectivity index (χ1v) is 9.48. The first kappa shape index (κ1) is 21.8. The van der Waals surface area contributed by atoms with Gasteiger partial charge < -0.3 is 20.8 Å². The van der Waals surface area contributed by atoms with Gasteiger partial charge in [0.25, 0.3) is 0 Å². The van der Waals surface area contributed by atoms with Crippen LogP contribution in [0.25, 0.3) is 0 Å². The van der Waals surface area contributed by atoms with Crippen LogP contribution < -0.4 is 10.6 Å². The van der Waals surface area contributed by atoms with Crippen LogP contribution in [0.15, 0.2) is 0 Å². The molecule has 0 radical (unpaired) electrons. The molecule has 0 amide bonds. The molecule has 2 unspecified atom stereocenters. The van der Waals surface area contributed by atoms with Crippen molar-refractivity contribution in [2.75, 3.05) is 26.2 Å². The molecule has 0 heterocycles. The highest BCUT2D eigenvalue weighted by Crippen LogP contribution is 2.01. The van der Waals surface area contributed by atoms with Crippen LogP contribution in [0.4, 0.5) is 0 Å². The van der Waals surface area contributed by atoms with Gasteiger partial charge in [0.1, 0.15) is 0 Å². The lowest BCUT2D eigenvalue weighted by atomic mass is 10.1. The van der Waals surface area contributed by atoms with Crippen LogP contribution in [0, 0.1) is 0 Å². The quantitative estimate of drug-likeness (QED) is 0.312. The van der Waals surface area contributed by atoms with E-state index in [-0.39, 0.29) is 12.2 Å². The number of aliphatic hydroxyl groups is 2. The second-order valence-electron chi connectivity index (χ2n) is 6.41. The highest BCUT2D eigenvalue weighted by atomic mass is 16.3. The average Bonchev–Trinajstić information content (AvgIpc) is 2.52. The van der Waals surface area contributed by atoms with Gasteiger partial charge in [0.2, 0.25) is 0 Å². The molecule has 0 saturated carbocycles. The van der Waals surface area contributed by atoms with E-state index >= 15 is 0 Å². The molecule has 0 aromatic heterocycles. The molecule has 0 rings (SSSR count). The predicted octanol–water partition coefficient (Wildman–Crippen LogP) is 2.83. The first-order valence-electron chi connectivity index (χ1n) is 9.48. The molecule has 4 heteroatoms. The van der Waals surface area contributed by atoms with Crippen molar-refractivity contribution in [1.29, 1.82) is 0 Å². The number of hydrogen-bond donors (Lipinski definition) is 4. The average molecular weight is 317 g/mol. The summed E-state index contributed by atoms with van der Waals surface area (Å²) in [7, 11) is 0. The smallest absolute Gasteiger partial charge is 0.0664 e. The maximum atomic E-state index is 9.69. The Balaban J connectivity index is 3.14. The molecule has 4 N–H and O–H groups in total. The van der Waals surface area contributed by atoms with E-state index in [4.69, 9.17) is 0 Å². The second-order valence-corrected chi connectivity index (χ2v) is 6.41. The van der Waals surface area contributed by atoms with Crippen molar-refractivity contribution in [1.82, 2.24) is 10.6 Å². The lowest BCUT2D eigenvalue weighted by Gasteiger charge is -2.12. The summed E-state index contributed by atoms with van der Waals surface area (Å²) < 4.78 is 0. The third-order valence-corrected chi connectivity index (χ3v) is 4.00. The molecule has 22 heavy (non-hydrogen) atoms. The standard InChI is InChI=1S/C18H40N2O2/c1-3-5-11-17(21)15-19-13-9-7-8-10-14-20-16-18(22)12-6-4-2/h17-22H,3-16H2,1-2H3. The summed E-state index contributed by atoms with van der Waals surface area (Å²) in [5.74, 6) is 0. The van der Waals surface area contributed by atoms with Crippen molar-refractivity contribution >= 4 is 0 Å². The number of aliphatic hydroxyl groups excluding tert-OH is 2. The molecular formula is C18H40N2O2. The zero-order chi connectivity index (χ0) is 16.5. The van der Waals surface area contributed by atoms with E-state index in [1.54, 1.807) is 0 Å². The molecular weight excluding hydrogens is 276 g/mol. The second kappa shape index (κ2) is 17.2. The molecule has 0 bridgehead atoms. The summed E-state index contributed by atoms with van der Waals surface area (Å²) >= 11 is 0. The third kappa shape index (κ3) is 16.2. The first-order chi connectivity index (χ1) is 10.7. The molecule has 0 aliphatic carbocycles. The summed E-state index contributed by atoms with van der Waals surface area (Å²) in [6, 6.07) is 0. The predicted molar refractivity (Wildman–Crippen MR) is 95.3 cm³/mol.